The number of nitrogens with zero attached hydrogens (tertiary/aromatic N) is 1. The van der Waals surface area contributed by atoms with Crippen LogP contribution in [-0.2, 0) is 11.3 Å². The lowest BCUT2D eigenvalue weighted by atomic mass is 9.89. The summed E-state index contributed by atoms with van der Waals surface area (Å²) >= 11 is 0. The lowest BCUT2D eigenvalue weighted by Gasteiger charge is -2.30. The van der Waals surface area contributed by atoms with E-state index in [1.54, 1.807) is 28.4 Å². The third kappa shape index (κ3) is 7.68. The summed E-state index contributed by atoms with van der Waals surface area (Å²) in [6, 6.07) is 5.84. The quantitative estimate of drug-likeness (QED) is 0.368. The molecule has 1 rings (SSSR count). The topological polar surface area (TPSA) is 64.1 Å². The minimum atomic E-state index is 0. The van der Waals surface area contributed by atoms with Crippen LogP contribution in [0, 0.1) is 5.41 Å². The fourth-order valence-corrected chi connectivity index (χ4v) is 2.33. The van der Waals surface area contributed by atoms with Gasteiger partial charge in [-0.25, -0.2) is 0 Å². The highest BCUT2D eigenvalue weighted by molar-refractivity contribution is 14.0. The van der Waals surface area contributed by atoms with E-state index in [9.17, 15) is 0 Å². The van der Waals surface area contributed by atoms with Gasteiger partial charge in [0.25, 0.3) is 0 Å². The van der Waals surface area contributed by atoms with E-state index in [0.29, 0.717) is 18.8 Å². The number of methoxy groups -OCH3 is 3. The van der Waals surface area contributed by atoms with Crippen LogP contribution >= 0.6 is 24.0 Å². The number of hydrogen-bond acceptors (Lipinski definition) is 4. The molecule has 144 valence electrons. The predicted molar refractivity (Wildman–Crippen MR) is 113 cm³/mol. The molecule has 0 radical (unpaired) electrons. The third-order valence-corrected chi connectivity index (χ3v) is 3.84. The molecule has 0 heterocycles. The number of hydrogen-bond donors (Lipinski definition) is 2. The fraction of sp³-hybridized carbons (Fsp3) is 0.611. The van der Waals surface area contributed by atoms with Crippen molar-refractivity contribution in [1.29, 1.82) is 0 Å². The van der Waals surface area contributed by atoms with E-state index in [2.05, 4.69) is 36.4 Å². The molecule has 0 aliphatic carbocycles. The molecular weight excluding hydrogens is 433 g/mol. The summed E-state index contributed by atoms with van der Waals surface area (Å²) in [5.74, 6) is 2.17. The normalized spacial score (nSPS) is 12.8. The molecule has 6 nitrogen and oxygen atoms in total. The first-order valence-corrected chi connectivity index (χ1v) is 8.04. The van der Waals surface area contributed by atoms with E-state index in [0.717, 1.165) is 17.3 Å². The Hall–Kier alpha value is -1.22. The lowest BCUT2D eigenvalue weighted by Crippen LogP contribution is -2.45. The highest BCUT2D eigenvalue weighted by Gasteiger charge is 2.24. The van der Waals surface area contributed by atoms with Crippen LogP contribution in [0.3, 0.4) is 0 Å². The van der Waals surface area contributed by atoms with E-state index < -0.39 is 0 Å². The molecule has 1 aromatic rings. The third-order valence-electron chi connectivity index (χ3n) is 3.84. The summed E-state index contributed by atoms with van der Waals surface area (Å²) < 4.78 is 16.1. The second-order valence-electron chi connectivity index (χ2n) is 6.59. The Morgan fingerprint density at radius 1 is 1.08 bits per heavy atom. The molecule has 25 heavy (non-hydrogen) atoms. The summed E-state index contributed by atoms with van der Waals surface area (Å²) in [6.07, 6.45) is 0.0946. The molecular formula is C18H32IN3O3. The average Bonchev–Trinajstić information content (AvgIpc) is 2.56. The van der Waals surface area contributed by atoms with Crippen molar-refractivity contribution in [3.05, 3.63) is 23.8 Å². The number of ether oxygens (including phenoxy) is 3. The molecule has 0 amide bonds. The van der Waals surface area contributed by atoms with Crippen LogP contribution in [0.5, 0.6) is 11.5 Å². The van der Waals surface area contributed by atoms with Gasteiger partial charge in [0.15, 0.2) is 17.5 Å². The Morgan fingerprint density at radius 3 is 2.20 bits per heavy atom. The molecule has 0 fully saturated rings. The van der Waals surface area contributed by atoms with E-state index >= 15 is 0 Å². The van der Waals surface area contributed by atoms with Crippen LogP contribution in [0.2, 0.25) is 0 Å². The van der Waals surface area contributed by atoms with Gasteiger partial charge in [0.05, 0.1) is 20.3 Å². The molecule has 0 aromatic heterocycles. The largest absolute Gasteiger partial charge is 0.493 e. The second-order valence-corrected chi connectivity index (χ2v) is 6.59. The monoisotopic (exact) mass is 465 g/mol. The highest BCUT2D eigenvalue weighted by Crippen LogP contribution is 2.27. The van der Waals surface area contributed by atoms with Crippen LogP contribution in [0.15, 0.2) is 23.2 Å². The molecule has 0 aliphatic heterocycles. The van der Waals surface area contributed by atoms with E-state index in [1.165, 1.54) is 0 Å². The average molecular weight is 465 g/mol. The minimum absolute atomic E-state index is 0. The molecule has 0 aliphatic rings. The zero-order valence-corrected chi connectivity index (χ0v) is 18.6. The van der Waals surface area contributed by atoms with Gasteiger partial charge in [0.1, 0.15) is 0 Å². The van der Waals surface area contributed by atoms with E-state index in [4.69, 9.17) is 14.2 Å². The van der Waals surface area contributed by atoms with E-state index in [1.807, 2.05) is 18.2 Å². The van der Waals surface area contributed by atoms with Crippen molar-refractivity contribution in [3.8, 4) is 11.5 Å². The van der Waals surface area contributed by atoms with Crippen molar-refractivity contribution in [2.75, 3.05) is 34.9 Å². The summed E-state index contributed by atoms with van der Waals surface area (Å²) in [6.45, 7) is 7.78. The minimum Gasteiger partial charge on any atom is -0.493 e. The molecule has 1 aromatic carbocycles. The number of rotatable bonds is 7. The maximum Gasteiger partial charge on any atom is 0.191 e. The molecule has 0 bridgehead atoms. The molecule has 0 saturated heterocycles. The zero-order chi connectivity index (χ0) is 18.2. The molecule has 0 spiro atoms. The number of aliphatic imine (C=N–C) groups is 1. The molecule has 7 heteroatoms. The maximum atomic E-state index is 5.55. The van der Waals surface area contributed by atoms with Gasteiger partial charge in [-0.05, 0) is 23.1 Å². The van der Waals surface area contributed by atoms with Gasteiger partial charge in [-0.2, -0.15) is 0 Å². The first-order valence-electron chi connectivity index (χ1n) is 8.04. The number of benzene rings is 1. The van der Waals surface area contributed by atoms with E-state index in [-0.39, 0.29) is 35.5 Å². The summed E-state index contributed by atoms with van der Waals surface area (Å²) in [5, 5.41) is 6.60. The van der Waals surface area contributed by atoms with Crippen LogP contribution < -0.4 is 20.1 Å². The van der Waals surface area contributed by atoms with Gasteiger partial charge in [0.2, 0.25) is 0 Å². The summed E-state index contributed by atoms with van der Waals surface area (Å²) in [4.78, 5) is 4.25. The molecule has 1 unspecified atom stereocenters. The Morgan fingerprint density at radius 2 is 1.72 bits per heavy atom. The summed E-state index contributed by atoms with van der Waals surface area (Å²) in [5.41, 5.74) is 1.14. The highest BCUT2D eigenvalue weighted by atomic mass is 127. The van der Waals surface area contributed by atoms with Crippen molar-refractivity contribution in [3.63, 3.8) is 0 Å². The molecule has 2 N–H and O–H groups in total. The van der Waals surface area contributed by atoms with Gasteiger partial charge < -0.3 is 24.8 Å². The maximum absolute atomic E-state index is 5.55. The lowest BCUT2D eigenvalue weighted by molar-refractivity contribution is 0.0205. The van der Waals surface area contributed by atoms with Crippen LogP contribution in [0.4, 0.5) is 0 Å². The second kappa shape index (κ2) is 11.4. The molecule has 0 saturated carbocycles. The van der Waals surface area contributed by atoms with Gasteiger partial charge in [-0.1, -0.05) is 26.8 Å². The first-order chi connectivity index (χ1) is 11.3. The zero-order valence-electron chi connectivity index (χ0n) is 16.3. The Balaban J connectivity index is 0.00000576. The number of halogens is 1. The van der Waals surface area contributed by atoms with Crippen LogP contribution in [0.25, 0.3) is 0 Å². The van der Waals surface area contributed by atoms with Gasteiger partial charge >= 0.3 is 0 Å². The van der Waals surface area contributed by atoms with Gasteiger partial charge in [-0.15, -0.1) is 24.0 Å². The fourth-order valence-electron chi connectivity index (χ4n) is 2.33. The van der Waals surface area contributed by atoms with Crippen molar-refractivity contribution in [1.82, 2.24) is 10.6 Å². The SMILES string of the molecule is CN=C(NCc1ccc(OC)c(OC)c1)NCC(OC)C(C)(C)C.I. The van der Waals surface area contributed by atoms with Crippen molar-refractivity contribution in [2.45, 2.75) is 33.4 Å². The predicted octanol–water partition coefficient (Wildman–Crippen LogP) is 3.05. The van der Waals surface area contributed by atoms with Crippen LogP contribution in [0.1, 0.15) is 26.3 Å². The smallest absolute Gasteiger partial charge is 0.191 e. The number of guanidine groups is 1. The van der Waals surface area contributed by atoms with Gasteiger partial charge in [0, 0.05) is 27.2 Å². The van der Waals surface area contributed by atoms with Crippen molar-refractivity contribution < 1.29 is 14.2 Å². The Bertz CT molecular complexity index is 545. The van der Waals surface area contributed by atoms with Crippen molar-refractivity contribution in [2.24, 2.45) is 10.4 Å². The Kier molecular flexibility index (Phi) is 10.8. The number of nitrogens with one attached hydrogen (secondary N) is 2. The first kappa shape index (κ1) is 23.8. The van der Waals surface area contributed by atoms with Gasteiger partial charge in [-0.3, -0.25) is 4.99 Å². The standard InChI is InChI=1S/C18H31N3O3.HI/c1-18(2,3)16(24-7)12-21-17(19-4)20-11-13-8-9-14(22-5)15(10-13)23-6;/h8-10,16H,11-12H2,1-7H3,(H2,19,20,21);1H. The molecule has 1 atom stereocenters. The summed E-state index contributed by atoms with van der Waals surface area (Å²) in [7, 11) is 6.75. The van der Waals surface area contributed by atoms with Crippen molar-refractivity contribution >= 4 is 29.9 Å². The Labute approximate surface area is 168 Å². The van der Waals surface area contributed by atoms with Crippen LogP contribution in [-0.4, -0.2) is 47.0 Å².